The monoisotopic (exact) mass is 459 g/mol. The predicted molar refractivity (Wildman–Crippen MR) is 118 cm³/mol. The molecule has 0 radical (unpaired) electrons. The summed E-state index contributed by atoms with van der Waals surface area (Å²) in [5.74, 6) is -1.65. The Balaban J connectivity index is 1.46. The third-order valence-corrected chi connectivity index (χ3v) is 5.76. The number of hydrogen-bond donors (Lipinski definition) is 5. The Kier molecular flexibility index (Phi) is 6.55. The molecule has 1 aliphatic carbocycles. The molecular formula is C23H24F3N5O2. The van der Waals surface area contributed by atoms with Gasteiger partial charge in [-0.2, -0.15) is 5.48 Å². The number of halogens is 3. The van der Waals surface area contributed by atoms with Crippen LogP contribution in [-0.4, -0.2) is 36.5 Å². The number of carbonyl (C=O) groups excluding carboxylic acids is 1. The standard InChI is InChI=1S/C23H24F3N5O2/c1-28-33-20(27)11-29-23(32)30-16-6-12(7-16)8-17-18-9-15(25)10-19(26)22(18)31-21(17)13-2-4-14(24)5-3-13/h2-5,9-10,12,16,27-28,31H,6-8,11H2,1H3,(H2,29,30,32). The van der Waals surface area contributed by atoms with Crippen molar-refractivity contribution in [2.45, 2.75) is 25.3 Å². The van der Waals surface area contributed by atoms with Crippen molar-refractivity contribution in [1.82, 2.24) is 21.1 Å². The fourth-order valence-corrected chi connectivity index (χ4v) is 4.21. The minimum Gasteiger partial charge on any atom is -0.392 e. The number of fused-ring (bicyclic) bond motifs is 1. The van der Waals surface area contributed by atoms with Crippen LogP contribution in [0, 0.1) is 28.8 Å². The van der Waals surface area contributed by atoms with Gasteiger partial charge in [-0.15, -0.1) is 0 Å². The van der Waals surface area contributed by atoms with E-state index >= 15 is 0 Å². The van der Waals surface area contributed by atoms with Crippen LogP contribution in [0.3, 0.4) is 0 Å². The summed E-state index contributed by atoms with van der Waals surface area (Å²) in [5, 5.41) is 13.3. The Morgan fingerprint density at radius 1 is 1.15 bits per heavy atom. The van der Waals surface area contributed by atoms with Crippen LogP contribution in [0.15, 0.2) is 36.4 Å². The molecule has 5 N–H and O–H groups in total. The van der Waals surface area contributed by atoms with Gasteiger partial charge >= 0.3 is 6.03 Å². The maximum atomic E-state index is 14.4. The van der Waals surface area contributed by atoms with Gasteiger partial charge in [-0.25, -0.2) is 18.0 Å². The molecule has 0 spiro atoms. The highest BCUT2D eigenvalue weighted by Gasteiger charge is 2.32. The van der Waals surface area contributed by atoms with Crippen molar-refractivity contribution >= 4 is 22.8 Å². The van der Waals surface area contributed by atoms with Crippen LogP contribution in [0.1, 0.15) is 18.4 Å². The van der Waals surface area contributed by atoms with E-state index < -0.39 is 17.7 Å². The number of urea groups is 1. The van der Waals surface area contributed by atoms with Crippen molar-refractivity contribution in [3.63, 3.8) is 0 Å². The van der Waals surface area contributed by atoms with Gasteiger partial charge in [-0.1, -0.05) is 0 Å². The second kappa shape index (κ2) is 9.53. The molecule has 10 heteroatoms. The van der Waals surface area contributed by atoms with Gasteiger partial charge in [-0.05, 0) is 66.6 Å². The Labute approximate surface area is 188 Å². The normalized spacial score (nSPS) is 17.5. The first-order valence-electron chi connectivity index (χ1n) is 10.5. The van der Waals surface area contributed by atoms with Crippen LogP contribution in [0.4, 0.5) is 18.0 Å². The molecule has 1 heterocycles. The van der Waals surface area contributed by atoms with Crippen molar-refractivity contribution in [3.8, 4) is 11.3 Å². The molecule has 2 amide bonds. The molecule has 33 heavy (non-hydrogen) atoms. The van der Waals surface area contributed by atoms with Gasteiger partial charge in [0, 0.05) is 30.2 Å². The number of benzene rings is 2. The highest BCUT2D eigenvalue weighted by Crippen LogP contribution is 2.38. The third-order valence-electron chi connectivity index (χ3n) is 5.76. The summed E-state index contributed by atoms with van der Waals surface area (Å²) in [6.07, 6.45) is 1.95. The second-order valence-corrected chi connectivity index (χ2v) is 8.09. The van der Waals surface area contributed by atoms with Crippen molar-refractivity contribution in [1.29, 1.82) is 5.41 Å². The molecule has 7 nitrogen and oxygen atoms in total. The summed E-state index contributed by atoms with van der Waals surface area (Å²) in [7, 11) is 1.51. The Hall–Kier alpha value is -3.53. The number of carbonyl (C=O) groups is 1. The molecule has 1 fully saturated rings. The molecule has 174 valence electrons. The maximum absolute atomic E-state index is 14.4. The first kappa shape index (κ1) is 22.7. The van der Waals surface area contributed by atoms with Gasteiger partial charge in [0.25, 0.3) is 0 Å². The van der Waals surface area contributed by atoms with Gasteiger partial charge < -0.3 is 20.5 Å². The summed E-state index contributed by atoms with van der Waals surface area (Å²) < 4.78 is 41.8. The fourth-order valence-electron chi connectivity index (χ4n) is 4.21. The van der Waals surface area contributed by atoms with Crippen molar-refractivity contribution in [2.75, 3.05) is 13.6 Å². The summed E-state index contributed by atoms with van der Waals surface area (Å²) in [5.41, 5.74) is 4.65. The maximum Gasteiger partial charge on any atom is 0.315 e. The molecule has 3 aromatic rings. The zero-order valence-electron chi connectivity index (χ0n) is 17.9. The summed E-state index contributed by atoms with van der Waals surface area (Å²) in [6.45, 7) is -0.0453. The minimum absolute atomic E-state index is 0.0395. The van der Waals surface area contributed by atoms with E-state index in [2.05, 4.69) is 21.1 Å². The zero-order valence-corrected chi connectivity index (χ0v) is 17.9. The van der Waals surface area contributed by atoms with Crippen molar-refractivity contribution in [3.05, 3.63) is 59.4 Å². The summed E-state index contributed by atoms with van der Waals surface area (Å²) in [4.78, 5) is 19.8. The van der Waals surface area contributed by atoms with E-state index in [4.69, 9.17) is 10.2 Å². The topological polar surface area (TPSA) is 102 Å². The molecule has 1 aliphatic rings. The van der Waals surface area contributed by atoms with E-state index in [9.17, 15) is 18.0 Å². The molecule has 0 aliphatic heterocycles. The average molecular weight is 459 g/mol. The van der Waals surface area contributed by atoms with Crippen LogP contribution < -0.4 is 16.1 Å². The van der Waals surface area contributed by atoms with E-state index in [1.165, 1.54) is 25.2 Å². The van der Waals surface area contributed by atoms with Crippen LogP contribution in [0.5, 0.6) is 0 Å². The van der Waals surface area contributed by atoms with E-state index in [0.29, 0.717) is 35.9 Å². The molecular weight excluding hydrogens is 435 g/mol. The lowest BCUT2D eigenvalue weighted by molar-refractivity contribution is 0.193. The van der Waals surface area contributed by atoms with Crippen molar-refractivity contribution in [2.24, 2.45) is 5.92 Å². The van der Waals surface area contributed by atoms with Gasteiger partial charge in [0.05, 0.1) is 12.1 Å². The average Bonchev–Trinajstić information content (AvgIpc) is 3.10. The van der Waals surface area contributed by atoms with Gasteiger partial charge in [0.1, 0.15) is 17.5 Å². The molecule has 4 rings (SSSR count). The van der Waals surface area contributed by atoms with Gasteiger partial charge in [-0.3, -0.25) is 5.41 Å². The van der Waals surface area contributed by atoms with Crippen LogP contribution in [0.2, 0.25) is 0 Å². The van der Waals surface area contributed by atoms with Crippen molar-refractivity contribution < 1.29 is 22.8 Å². The third kappa shape index (κ3) is 5.11. The number of hydroxylamine groups is 1. The Morgan fingerprint density at radius 3 is 2.58 bits per heavy atom. The quantitative estimate of drug-likeness (QED) is 0.210. The van der Waals surface area contributed by atoms with E-state index in [-0.39, 0.29) is 35.7 Å². The molecule has 1 saturated carbocycles. The number of rotatable bonds is 7. The largest absolute Gasteiger partial charge is 0.392 e. The van der Waals surface area contributed by atoms with Gasteiger partial charge in [0.2, 0.25) is 5.90 Å². The van der Waals surface area contributed by atoms with E-state index in [1.54, 1.807) is 12.1 Å². The molecule has 2 aromatic carbocycles. The molecule has 0 atom stereocenters. The second-order valence-electron chi connectivity index (χ2n) is 8.09. The lowest BCUT2D eigenvalue weighted by Crippen LogP contribution is -2.49. The molecule has 1 aromatic heterocycles. The smallest absolute Gasteiger partial charge is 0.315 e. The number of H-pyrrole nitrogens is 1. The predicted octanol–water partition coefficient (Wildman–Crippen LogP) is 4.00. The molecule has 0 unspecified atom stereocenters. The fraction of sp³-hybridized carbons (Fsp3) is 0.304. The molecule has 0 bridgehead atoms. The molecule has 0 saturated heterocycles. The Bertz CT molecular complexity index is 1170. The zero-order chi connectivity index (χ0) is 23.5. The van der Waals surface area contributed by atoms with E-state index in [0.717, 1.165) is 11.6 Å². The number of aromatic amines is 1. The number of amides is 2. The number of nitrogens with one attached hydrogen (secondary N) is 5. The first-order chi connectivity index (χ1) is 15.8. The Morgan fingerprint density at radius 2 is 1.88 bits per heavy atom. The highest BCUT2D eigenvalue weighted by atomic mass is 19.1. The summed E-state index contributed by atoms with van der Waals surface area (Å²) in [6, 6.07) is 7.55. The van der Waals surface area contributed by atoms with E-state index in [1.807, 2.05) is 0 Å². The minimum atomic E-state index is -0.683. The summed E-state index contributed by atoms with van der Waals surface area (Å²) >= 11 is 0. The lowest BCUT2D eigenvalue weighted by atomic mass is 9.76. The number of hydrogen-bond acceptors (Lipinski definition) is 4. The lowest BCUT2D eigenvalue weighted by Gasteiger charge is -2.36. The van der Waals surface area contributed by atoms with Crippen LogP contribution in [0.25, 0.3) is 22.2 Å². The highest BCUT2D eigenvalue weighted by molar-refractivity contribution is 5.91. The van der Waals surface area contributed by atoms with Gasteiger partial charge in [0.15, 0.2) is 0 Å². The SMILES string of the molecule is CNOC(=N)CNC(=O)NC1CC(Cc2c(-c3ccc(F)cc3)[nH]c3c(F)cc(F)cc23)C1. The first-order valence-corrected chi connectivity index (χ1v) is 10.5. The number of aromatic nitrogens is 1. The van der Waals surface area contributed by atoms with Crippen LogP contribution >= 0.6 is 0 Å². The van der Waals surface area contributed by atoms with Crippen LogP contribution in [-0.2, 0) is 11.3 Å².